The number of nitrogens with one attached hydrogen (secondary N) is 1. The third kappa shape index (κ3) is 6.90. The van der Waals surface area contributed by atoms with Crippen LogP contribution in [0, 0.1) is 0 Å². The van der Waals surface area contributed by atoms with Gasteiger partial charge in [0, 0.05) is 18.5 Å². The Morgan fingerprint density at radius 2 is 2.15 bits per heavy atom. The standard InChI is InChI=1S/C9H20N2OS/c1-9(2,7-10)11-8(12)5-4-6-13-3/h4-7,10H2,1-3H3,(H,11,12). The average molecular weight is 204 g/mol. The molecule has 3 N–H and O–H groups in total. The maximum Gasteiger partial charge on any atom is 0.220 e. The van der Waals surface area contributed by atoms with Crippen LogP contribution in [0.1, 0.15) is 26.7 Å². The lowest BCUT2D eigenvalue weighted by molar-refractivity contribution is -0.122. The average Bonchev–Trinajstić information content (AvgIpc) is 2.04. The minimum atomic E-state index is -0.267. The zero-order valence-corrected chi connectivity index (χ0v) is 9.54. The summed E-state index contributed by atoms with van der Waals surface area (Å²) in [6.07, 6.45) is 3.58. The summed E-state index contributed by atoms with van der Waals surface area (Å²) in [6, 6.07) is 0. The normalized spacial score (nSPS) is 11.4. The van der Waals surface area contributed by atoms with Crippen molar-refractivity contribution in [3.8, 4) is 0 Å². The van der Waals surface area contributed by atoms with Crippen molar-refractivity contribution in [1.82, 2.24) is 5.32 Å². The van der Waals surface area contributed by atoms with E-state index in [0.717, 1.165) is 12.2 Å². The second-order valence-corrected chi connectivity index (χ2v) is 4.72. The van der Waals surface area contributed by atoms with Crippen molar-refractivity contribution in [2.45, 2.75) is 32.2 Å². The Kier molecular flexibility index (Phi) is 6.16. The van der Waals surface area contributed by atoms with Crippen LogP contribution in [0.2, 0.25) is 0 Å². The smallest absolute Gasteiger partial charge is 0.220 e. The van der Waals surface area contributed by atoms with Crippen molar-refractivity contribution in [2.24, 2.45) is 5.73 Å². The highest BCUT2D eigenvalue weighted by molar-refractivity contribution is 7.98. The summed E-state index contributed by atoms with van der Waals surface area (Å²) in [5.74, 6) is 1.14. The number of hydrogen-bond donors (Lipinski definition) is 2. The van der Waals surface area contributed by atoms with Gasteiger partial charge in [-0.05, 0) is 32.3 Å². The first-order chi connectivity index (χ1) is 6.02. The number of hydrogen-bond acceptors (Lipinski definition) is 3. The minimum absolute atomic E-state index is 0.101. The molecule has 0 saturated heterocycles. The molecule has 3 nitrogen and oxygen atoms in total. The van der Waals surface area contributed by atoms with Gasteiger partial charge in [0.25, 0.3) is 0 Å². The maximum absolute atomic E-state index is 11.3. The summed E-state index contributed by atoms with van der Waals surface area (Å²) < 4.78 is 0. The molecule has 0 aliphatic carbocycles. The molecule has 0 spiro atoms. The van der Waals surface area contributed by atoms with Crippen molar-refractivity contribution in [3.63, 3.8) is 0 Å². The first-order valence-corrected chi connectivity index (χ1v) is 5.91. The van der Waals surface area contributed by atoms with Crippen LogP contribution in [0.4, 0.5) is 0 Å². The van der Waals surface area contributed by atoms with E-state index in [4.69, 9.17) is 5.73 Å². The molecule has 0 unspecified atom stereocenters. The third-order valence-corrected chi connectivity index (χ3v) is 2.44. The predicted octanol–water partition coefficient (Wildman–Crippen LogP) is 0.983. The largest absolute Gasteiger partial charge is 0.350 e. The topological polar surface area (TPSA) is 55.1 Å². The molecule has 0 radical (unpaired) electrons. The highest BCUT2D eigenvalue weighted by atomic mass is 32.2. The van der Waals surface area contributed by atoms with Crippen molar-refractivity contribution in [1.29, 1.82) is 0 Å². The van der Waals surface area contributed by atoms with Crippen LogP contribution in [0.3, 0.4) is 0 Å². The first kappa shape index (κ1) is 12.8. The van der Waals surface area contributed by atoms with Crippen molar-refractivity contribution >= 4 is 17.7 Å². The van der Waals surface area contributed by atoms with Crippen LogP contribution in [0.15, 0.2) is 0 Å². The van der Waals surface area contributed by atoms with Crippen LogP contribution < -0.4 is 11.1 Å². The lowest BCUT2D eigenvalue weighted by Crippen LogP contribution is -2.48. The molecule has 0 aromatic rings. The van der Waals surface area contributed by atoms with Gasteiger partial charge in [-0.15, -0.1) is 0 Å². The number of carbonyl (C=O) groups is 1. The fourth-order valence-electron chi connectivity index (χ4n) is 0.868. The molecule has 0 aliphatic rings. The molecule has 0 saturated carbocycles. The van der Waals surface area contributed by atoms with Crippen molar-refractivity contribution in [3.05, 3.63) is 0 Å². The van der Waals surface area contributed by atoms with Crippen LogP contribution >= 0.6 is 11.8 Å². The Bertz CT molecular complexity index is 160. The molecule has 0 atom stereocenters. The monoisotopic (exact) mass is 204 g/mol. The van der Waals surface area contributed by atoms with Crippen LogP contribution in [-0.2, 0) is 4.79 Å². The molecule has 0 aromatic carbocycles. The van der Waals surface area contributed by atoms with E-state index in [-0.39, 0.29) is 11.4 Å². The molecule has 78 valence electrons. The molecule has 0 heterocycles. The van der Waals surface area contributed by atoms with Gasteiger partial charge in [0.1, 0.15) is 0 Å². The Balaban J connectivity index is 3.62. The van der Waals surface area contributed by atoms with Gasteiger partial charge < -0.3 is 11.1 Å². The van der Waals surface area contributed by atoms with Crippen molar-refractivity contribution in [2.75, 3.05) is 18.6 Å². The van der Waals surface area contributed by atoms with E-state index >= 15 is 0 Å². The van der Waals surface area contributed by atoms with Gasteiger partial charge in [-0.25, -0.2) is 0 Å². The summed E-state index contributed by atoms with van der Waals surface area (Å²) in [5.41, 5.74) is 5.22. The highest BCUT2D eigenvalue weighted by Gasteiger charge is 2.17. The number of thioether (sulfide) groups is 1. The lowest BCUT2D eigenvalue weighted by atomic mass is 10.1. The molecule has 0 rings (SSSR count). The summed E-state index contributed by atoms with van der Waals surface area (Å²) >= 11 is 1.76. The van der Waals surface area contributed by atoms with Gasteiger partial charge in [0.15, 0.2) is 0 Å². The van der Waals surface area contributed by atoms with Gasteiger partial charge >= 0.3 is 0 Å². The molecule has 0 aliphatic heterocycles. The van der Waals surface area contributed by atoms with Gasteiger partial charge in [-0.2, -0.15) is 11.8 Å². The zero-order chi connectivity index (χ0) is 10.3. The lowest BCUT2D eigenvalue weighted by Gasteiger charge is -2.24. The van der Waals surface area contributed by atoms with E-state index < -0.39 is 0 Å². The van der Waals surface area contributed by atoms with Gasteiger partial charge in [-0.3, -0.25) is 4.79 Å². The minimum Gasteiger partial charge on any atom is -0.350 e. The van der Waals surface area contributed by atoms with E-state index in [0.29, 0.717) is 13.0 Å². The van der Waals surface area contributed by atoms with Crippen LogP contribution in [0.25, 0.3) is 0 Å². The summed E-state index contributed by atoms with van der Waals surface area (Å²) in [5, 5.41) is 2.89. The fourth-order valence-corrected chi connectivity index (χ4v) is 1.30. The molecule has 13 heavy (non-hydrogen) atoms. The number of carbonyl (C=O) groups excluding carboxylic acids is 1. The fraction of sp³-hybridized carbons (Fsp3) is 0.889. The van der Waals surface area contributed by atoms with E-state index in [1.54, 1.807) is 11.8 Å². The summed E-state index contributed by atoms with van der Waals surface area (Å²) in [6.45, 7) is 4.33. The summed E-state index contributed by atoms with van der Waals surface area (Å²) in [4.78, 5) is 11.3. The van der Waals surface area contributed by atoms with Crippen molar-refractivity contribution < 1.29 is 4.79 Å². The quantitative estimate of drug-likeness (QED) is 0.634. The first-order valence-electron chi connectivity index (χ1n) is 4.52. The SMILES string of the molecule is CSCCCC(=O)NC(C)(C)CN. The maximum atomic E-state index is 11.3. The number of nitrogens with two attached hydrogens (primary N) is 1. The van der Waals surface area contributed by atoms with E-state index in [9.17, 15) is 4.79 Å². The second kappa shape index (κ2) is 6.27. The molecule has 4 heteroatoms. The predicted molar refractivity (Wildman–Crippen MR) is 58.9 cm³/mol. The zero-order valence-electron chi connectivity index (χ0n) is 8.72. The Hall–Kier alpha value is -0.220. The van der Waals surface area contributed by atoms with E-state index in [2.05, 4.69) is 5.32 Å². The Labute approximate surface area is 84.8 Å². The van der Waals surface area contributed by atoms with Crippen LogP contribution in [-0.4, -0.2) is 30.0 Å². The Morgan fingerprint density at radius 1 is 1.54 bits per heavy atom. The molecule has 1 amide bonds. The molecule has 0 bridgehead atoms. The number of amides is 1. The molecule has 0 aromatic heterocycles. The molecular formula is C9H20N2OS. The highest BCUT2D eigenvalue weighted by Crippen LogP contribution is 2.02. The third-order valence-electron chi connectivity index (χ3n) is 1.74. The molecule has 0 fully saturated rings. The summed E-state index contributed by atoms with van der Waals surface area (Å²) in [7, 11) is 0. The Morgan fingerprint density at radius 3 is 2.62 bits per heavy atom. The van der Waals surface area contributed by atoms with Crippen LogP contribution in [0.5, 0.6) is 0 Å². The van der Waals surface area contributed by atoms with Gasteiger partial charge in [-0.1, -0.05) is 0 Å². The molecular weight excluding hydrogens is 184 g/mol. The second-order valence-electron chi connectivity index (χ2n) is 3.73. The van der Waals surface area contributed by atoms with Gasteiger partial charge in [0.2, 0.25) is 5.91 Å². The van der Waals surface area contributed by atoms with Gasteiger partial charge in [0.05, 0.1) is 0 Å². The van der Waals surface area contributed by atoms with E-state index in [1.807, 2.05) is 20.1 Å². The number of rotatable bonds is 6. The van der Waals surface area contributed by atoms with E-state index in [1.165, 1.54) is 0 Å².